The average molecular weight is 790 g/mol. The first-order chi connectivity index (χ1) is 27.8. The van der Waals surface area contributed by atoms with Gasteiger partial charge < -0.3 is 25.0 Å². The molecule has 0 bridgehead atoms. The van der Waals surface area contributed by atoms with Crippen LogP contribution < -0.4 is 10.7 Å². The van der Waals surface area contributed by atoms with Crippen molar-refractivity contribution in [2.45, 2.75) is 90.8 Å². The van der Waals surface area contributed by atoms with E-state index >= 15 is 0 Å². The summed E-state index contributed by atoms with van der Waals surface area (Å²) in [6.45, 7) is 10.6. The zero-order chi connectivity index (χ0) is 41.4. The van der Waals surface area contributed by atoms with Crippen LogP contribution in [0.4, 0.5) is 4.79 Å². The van der Waals surface area contributed by atoms with Gasteiger partial charge in [0.2, 0.25) is 11.8 Å². The quantitative estimate of drug-likeness (QED) is 0.0983. The van der Waals surface area contributed by atoms with Gasteiger partial charge in [0.25, 0.3) is 0 Å². The molecule has 2 saturated heterocycles. The zero-order valence-electron chi connectivity index (χ0n) is 34.0. The van der Waals surface area contributed by atoms with Crippen LogP contribution >= 0.6 is 0 Å². The van der Waals surface area contributed by atoms with Gasteiger partial charge in [-0.2, -0.15) is 0 Å². The molecule has 6 rings (SSSR count). The van der Waals surface area contributed by atoms with Crippen LogP contribution in [0, 0.1) is 18.8 Å². The number of aliphatic hydroxyl groups is 1. The van der Waals surface area contributed by atoms with E-state index in [1.807, 2.05) is 112 Å². The first-order valence-electron chi connectivity index (χ1n) is 20.1. The highest BCUT2D eigenvalue weighted by molar-refractivity contribution is 5.89. The molecule has 0 saturated carbocycles. The van der Waals surface area contributed by atoms with Crippen molar-refractivity contribution in [1.29, 1.82) is 0 Å². The van der Waals surface area contributed by atoms with Gasteiger partial charge in [-0.15, -0.1) is 0 Å². The monoisotopic (exact) mass is 789 g/mol. The summed E-state index contributed by atoms with van der Waals surface area (Å²) in [5.74, 6) is -2.15. The van der Waals surface area contributed by atoms with Crippen molar-refractivity contribution < 1.29 is 29.0 Å². The summed E-state index contributed by atoms with van der Waals surface area (Å²) >= 11 is 0. The number of hydrazine groups is 1. The van der Waals surface area contributed by atoms with Gasteiger partial charge >= 0.3 is 12.0 Å². The molecule has 2 aliphatic heterocycles. The van der Waals surface area contributed by atoms with Crippen molar-refractivity contribution in [2.24, 2.45) is 11.8 Å². The number of ether oxygens (including phenoxy) is 1. The van der Waals surface area contributed by atoms with Crippen molar-refractivity contribution in [3.8, 4) is 11.3 Å². The Hall–Kier alpha value is -5.66. The lowest BCUT2D eigenvalue weighted by Gasteiger charge is -2.35. The molecule has 58 heavy (non-hydrogen) atoms. The van der Waals surface area contributed by atoms with Gasteiger partial charge in [0.05, 0.1) is 42.4 Å². The molecule has 2 fully saturated rings. The standard InChI is InChI=1S/C45H55N7O6/c1-6-30(2)41(52-24-23-50(44(52)57)28-35-16-12-13-31(3)47-35)43(56)48-38(25-32-14-8-7-9-15-32)39(53)29-51(49-42(55)36-26-40(54)58-45(36,4)5)27-33-18-20-34(21-19-33)37-17-10-11-22-46-37/h7-22,30,36,38-39,41,53H,6,23-29H2,1-5H3,(H,48,56)(H,49,55)/t30-,36?,38-,39-,41-/m0/s1. The van der Waals surface area contributed by atoms with Crippen LogP contribution in [-0.2, 0) is 38.6 Å². The first kappa shape index (κ1) is 42.0. The fourth-order valence-corrected chi connectivity index (χ4v) is 7.74. The second-order valence-electron chi connectivity index (χ2n) is 16.0. The SMILES string of the molecule is CC[C@H](C)[C@@H](C(=O)N[C@@H](Cc1ccccc1)[C@@H](O)CN(Cc1ccc(-c2ccccn2)cc1)NC(=O)C1CC(=O)OC1(C)C)N1CCN(Cc2cccc(C)n2)C1=O. The highest BCUT2D eigenvalue weighted by Crippen LogP contribution is 2.33. The van der Waals surface area contributed by atoms with Gasteiger partial charge in [0, 0.05) is 43.6 Å². The number of cyclic esters (lactones) is 1. The van der Waals surface area contributed by atoms with E-state index in [9.17, 15) is 24.3 Å². The lowest BCUT2D eigenvalue weighted by molar-refractivity contribution is -0.148. The predicted molar refractivity (Wildman–Crippen MR) is 219 cm³/mol. The maximum atomic E-state index is 14.5. The number of esters is 1. The van der Waals surface area contributed by atoms with Crippen molar-refractivity contribution >= 4 is 23.8 Å². The highest BCUT2D eigenvalue weighted by Gasteiger charge is 2.47. The Morgan fingerprint density at radius 3 is 2.36 bits per heavy atom. The van der Waals surface area contributed by atoms with E-state index in [-0.39, 0.29) is 37.4 Å². The van der Waals surface area contributed by atoms with Crippen LogP contribution in [0.25, 0.3) is 11.3 Å². The summed E-state index contributed by atoms with van der Waals surface area (Å²) < 4.78 is 5.45. The largest absolute Gasteiger partial charge is 0.459 e. The lowest BCUT2D eigenvalue weighted by atomic mass is 9.90. The first-order valence-corrected chi connectivity index (χ1v) is 20.1. The summed E-state index contributed by atoms with van der Waals surface area (Å²) in [7, 11) is 0. The smallest absolute Gasteiger partial charge is 0.321 e. The summed E-state index contributed by atoms with van der Waals surface area (Å²) in [5.41, 5.74) is 7.10. The van der Waals surface area contributed by atoms with E-state index in [0.717, 1.165) is 33.8 Å². The van der Waals surface area contributed by atoms with Gasteiger partial charge in [0.1, 0.15) is 11.6 Å². The van der Waals surface area contributed by atoms with Gasteiger partial charge in [-0.1, -0.05) is 87.0 Å². The molecule has 1 unspecified atom stereocenters. The molecule has 2 aromatic carbocycles. The number of carbonyl (C=O) groups is 4. The predicted octanol–water partition coefficient (Wildman–Crippen LogP) is 5.07. The number of aliphatic hydroxyl groups excluding tert-OH is 1. The third-order valence-electron chi connectivity index (χ3n) is 11.2. The lowest BCUT2D eigenvalue weighted by Crippen LogP contribution is -2.58. The number of benzene rings is 2. The number of rotatable bonds is 17. The Balaban J connectivity index is 1.23. The maximum absolute atomic E-state index is 14.5. The topological polar surface area (TPSA) is 157 Å². The fourth-order valence-electron chi connectivity index (χ4n) is 7.74. The van der Waals surface area contributed by atoms with Gasteiger partial charge in [-0.25, -0.2) is 9.80 Å². The minimum Gasteiger partial charge on any atom is -0.459 e. The Morgan fingerprint density at radius 1 is 0.966 bits per heavy atom. The van der Waals surface area contributed by atoms with E-state index in [4.69, 9.17) is 4.74 Å². The molecule has 5 atom stereocenters. The third kappa shape index (κ3) is 10.4. The molecule has 0 aliphatic carbocycles. The molecule has 2 aliphatic rings. The van der Waals surface area contributed by atoms with E-state index in [1.165, 1.54) is 0 Å². The number of hydrogen-bond donors (Lipinski definition) is 3. The number of nitrogens with zero attached hydrogens (tertiary/aromatic N) is 5. The van der Waals surface area contributed by atoms with Gasteiger partial charge in [-0.05, 0) is 68.5 Å². The number of hydrogen-bond acceptors (Lipinski definition) is 9. The second kappa shape index (κ2) is 18.7. The number of aromatic nitrogens is 2. The molecule has 3 N–H and O–H groups in total. The summed E-state index contributed by atoms with van der Waals surface area (Å²) in [6, 6.07) is 27.0. The molecule has 0 radical (unpaired) electrons. The van der Waals surface area contributed by atoms with Crippen molar-refractivity contribution in [3.63, 3.8) is 0 Å². The summed E-state index contributed by atoms with van der Waals surface area (Å²) in [4.78, 5) is 66.8. The average Bonchev–Trinajstić information content (AvgIpc) is 3.70. The minimum absolute atomic E-state index is 0.0636. The number of carbonyl (C=O) groups excluding carboxylic acids is 4. The number of aryl methyl sites for hydroxylation is 1. The molecule has 4 aromatic rings. The Morgan fingerprint density at radius 2 is 1.71 bits per heavy atom. The Kier molecular flexibility index (Phi) is 13.6. The third-order valence-corrected chi connectivity index (χ3v) is 11.2. The fraction of sp³-hybridized carbons (Fsp3) is 0.422. The molecule has 0 spiro atoms. The Labute approximate surface area is 340 Å². The Bertz CT molecular complexity index is 2030. The number of pyridine rings is 2. The minimum atomic E-state index is -1.18. The molecule has 13 heteroatoms. The number of amides is 4. The van der Waals surface area contributed by atoms with Crippen LogP contribution in [0.1, 0.15) is 63.1 Å². The van der Waals surface area contributed by atoms with E-state index in [1.54, 1.807) is 34.9 Å². The van der Waals surface area contributed by atoms with Crippen LogP contribution in [-0.4, -0.2) is 97.1 Å². The van der Waals surface area contributed by atoms with Gasteiger partial charge in [-0.3, -0.25) is 29.8 Å². The molecule has 2 aromatic heterocycles. The highest BCUT2D eigenvalue weighted by atomic mass is 16.6. The van der Waals surface area contributed by atoms with Crippen LogP contribution in [0.2, 0.25) is 0 Å². The van der Waals surface area contributed by atoms with E-state index < -0.39 is 41.6 Å². The second-order valence-corrected chi connectivity index (χ2v) is 16.0. The van der Waals surface area contributed by atoms with E-state index in [0.29, 0.717) is 32.5 Å². The number of urea groups is 1. The normalized spacial score (nSPS) is 18.4. The summed E-state index contributed by atoms with van der Waals surface area (Å²) in [6.07, 6.45) is 1.43. The van der Waals surface area contributed by atoms with Crippen molar-refractivity contribution in [2.75, 3.05) is 19.6 Å². The van der Waals surface area contributed by atoms with Crippen molar-refractivity contribution in [1.82, 2.24) is 35.5 Å². The van der Waals surface area contributed by atoms with Crippen LogP contribution in [0.5, 0.6) is 0 Å². The molecule has 306 valence electrons. The van der Waals surface area contributed by atoms with E-state index in [2.05, 4.69) is 20.7 Å². The van der Waals surface area contributed by atoms with Gasteiger partial charge in [0.15, 0.2) is 0 Å². The van der Waals surface area contributed by atoms with Crippen LogP contribution in [0.3, 0.4) is 0 Å². The van der Waals surface area contributed by atoms with Crippen molar-refractivity contribution in [3.05, 3.63) is 120 Å². The molecule has 4 amide bonds. The molecular formula is C45H55N7O6. The summed E-state index contributed by atoms with van der Waals surface area (Å²) in [5, 5.41) is 16.9. The molecular weight excluding hydrogens is 735 g/mol. The molecule has 13 nitrogen and oxygen atoms in total. The van der Waals surface area contributed by atoms with Crippen LogP contribution in [0.15, 0.2) is 97.2 Å². The molecule has 4 heterocycles. The maximum Gasteiger partial charge on any atom is 0.321 e. The zero-order valence-corrected chi connectivity index (χ0v) is 34.0. The number of nitrogens with one attached hydrogen (secondary N) is 2.